The lowest BCUT2D eigenvalue weighted by atomic mass is 9.46. The van der Waals surface area contributed by atoms with Crippen LogP contribution < -0.4 is 0 Å². The first kappa shape index (κ1) is 14.8. The van der Waals surface area contributed by atoms with E-state index in [1.807, 2.05) is 0 Å². The van der Waals surface area contributed by atoms with Crippen LogP contribution in [0.2, 0.25) is 0 Å². The zero-order valence-corrected chi connectivity index (χ0v) is 12.8. The van der Waals surface area contributed by atoms with Crippen molar-refractivity contribution >= 4 is 5.71 Å². The van der Waals surface area contributed by atoms with Crippen molar-refractivity contribution in [1.29, 1.82) is 21.2 Å². The van der Waals surface area contributed by atoms with Gasteiger partial charge >= 0.3 is 0 Å². The Morgan fingerprint density at radius 1 is 0.909 bits per heavy atom. The molecule has 3 aliphatic rings. The molecule has 0 aromatic rings. The van der Waals surface area contributed by atoms with Gasteiger partial charge in [0.05, 0.1) is 23.9 Å². The molecule has 112 valence electrons. The first-order valence-electron chi connectivity index (χ1n) is 8.20. The molecular formula is C18H20N4. The second-order valence-corrected chi connectivity index (χ2v) is 6.80. The molecule has 1 saturated carbocycles. The number of nitrogens with zero attached hydrogens (tertiary/aromatic N) is 3. The van der Waals surface area contributed by atoms with Gasteiger partial charge in [0.15, 0.2) is 5.41 Å². The highest BCUT2D eigenvalue weighted by atomic mass is 14.7. The van der Waals surface area contributed by atoms with E-state index in [1.54, 1.807) is 0 Å². The monoisotopic (exact) mass is 292 g/mol. The van der Waals surface area contributed by atoms with Crippen molar-refractivity contribution in [2.45, 2.75) is 57.8 Å². The Morgan fingerprint density at radius 2 is 1.55 bits per heavy atom. The Balaban J connectivity index is 2.31. The molecule has 1 fully saturated rings. The molecule has 0 heterocycles. The summed E-state index contributed by atoms with van der Waals surface area (Å²) in [7, 11) is 0. The summed E-state index contributed by atoms with van der Waals surface area (Å²) in [5.74, 6) is -0.665. The van der Waals surface area contributed by atoms with Gasteiger partial charge in [-0.3, -0.25) is 0 Å². The lowest BCUT2D eigenvalue weighted by Gasteiger charge is -2.53. The van der Waals surface area contributed by atoms with Crippen LogP contribution in [0.5, 0.6) is 0 Å². The topological polar surface area (TPSA) is 95.2 Å². The van der Waals surface area contributed by atoms with Crippen LogP contribution in [0, 0.1) is 56.2 Å². The van der Waals surface area contributed by atoms with E-state index >= 15 is 0 Å². The molecule has 1 atom stereocenters. The maximum atomic E-state index is 9.89. The molecular weight excluding hydrogens is 272 g/mol. The largest absolute Gasteiger partial charge is 0.305 e. The zero-order valence-electron chi connectivity index (χ0n) is 12.8. The Hall–Kier alpha value is -2.12. The summed E-state index contributed by atoms with van der Waals surface area (Å²) in [5, 5.41) is 37.9. The van der Waals surface area contributed by atoms with Gasteiger partial charge < -0.3 is 5.41 Å². The molecule has 3 rings (SSSR count). The Bertz CT molecular complexity index is 645. The van der Waals surface area contributed by atoms with Crippen molar-refractivity contribution in [1.82, 2.24) is 0 Å². The van der Waals surface area contributed by atoms with Crippen LogP contribution in [0.1, 0.15) is 57.8 Å². The van der Waals surface area contributed by atoms with Gasteiger partial charge in [-0.1, -0.05) is 24.8 Å². The van der Waals surface area contributed by atoms with Gasteiger partial charge in [0.1, 0.15) is 5.92 Å². The Kier molecular flexibility index (Phi) is 3.54. The second-order valence-electron chi connectivity index (χ2n) is 6.80. The number of hydrogen-bond donors (Lipinski definition) is 1. The molecule has 0 bridgehead atoms. The molecule has 0 unspecified atom stereocenters. The second kappa shape index (κ2) is 5.26. The van der Waals surface area contributed by atoms with E-state index in [-0.39, 0.29) is 5.71 Å². The number of nitrogens with one attached hydrogen (secondary N) is 1. The van der Waals surface area contributed by atoms with E-state index in [9.17, 15) is 15.8 Å². The Morgan fingerprint density at radius 3 is 2.14 bits per heavy atom. The van der Waals surface area contributed by atoms with Crippen LogP contribution in [0.15, 0.2) is 11.1 Å². The highest BCUT2D eigenvalue weighted by Gasteiger charge is 2.62. The maximum absolute atomic E-state index is 9.89. The van der Waals surface area contributed by atoms with Crippen molar-refractivity contribution in [2.24, 2.45) is 16.7 Å². The summed E-state index contributed by atoms with van der Waals surface area (Å²) in [6, 6.07) is 6.62. The van der Waals surface area contributed by atoms with Crippen LogP contribution >= 0.6 is 0 Å². The molecule has 0 radical (unpaired) electrons. The molecule has 4 heteroatoms. The molecule has 0 aromatic carbocycles. The standard InChI is InChI=1S/C18H20N4/c19-10-14-13-6-2-3-7-15(13)17(8-4-1-5-9-17)18(11-20,12-21)16(14)22/h14,22H,1-9H2/t14-/m1/s1. The fourth-order valence-electron chi connectivity index (χ4n) is 5.00. The highest BCUT2D eigenvalue weighted by molar-refractivity contribution is 6.01. The van der Waals surface area contributed by atoms with E-state index in [0.717, 1.165) is 63.4 Å². The number of nitriles is 3. The lowest BCUT2D eigenvalue weighted by Crippen LogP contribution is -2.54. The van der Waals surface area contributed by atoms with Crippen molar-refractivity contribution in [3.63, 3.8) is 0 Å². The molecule has 3 aliphatic carbocycles. The van der Waals surface area contributed by atoms with Gasteiger partial charge in [0.25, 0.3) is 0 Å². The zero-order chi connectivity index (χ0) is 15.8. The van der Waals surface area contributed by atoms with E-state index in [0.29, 0.717) is 0 Å². The van der Waals surface area contributed by atoms with Crippen molar-refractivity contribution < 1.29 is 0 Å². The van der Waals surface area contributed by atoms with Crippen molar-refractivity contribution in [3.8, 4) is 18.2 Å². The summed E-state index contributed by atoms with van der Waals surface area (Å²) in [4.78, 5) is 0. The summed E-state index contributed by atoms with van der Waals surface area (Å²) in [5.41, 5.74) is 0.368. The number of hydrogen-bond acceptors (Lipinski definition) is 4. The summed E-state index contributed by atoms with van der Waals surface area (Å²) >= 11 is 0. The first-order chi connectivity index (χ1) is 10.7. The number of allylic oxidation sites excluding steroid dienone is 2. The predicted octanol–water partition coefficient (Wildman–Crippen LogP) is 4.01. The third kappa shape index (κ3) is 1.63. The van der Waals surface area contributed by atoms with Crippen LogP contribution in [0.3, 0.4) is 0 Å². The summed E-state index contributed by atoms with van der Waals surface area (Å²) in [6.07, 6.45) is 8.63. The van der Waals surface area contributed by atoms with Crippen molar-refractivity contribution in [2.75, 3.05) is 0 Å². The van der Waals surface area contributed by atoms with Gasteiger partial charge in [0, 0.05) is 5.41 Å². The smallest absolute Gasteiger partial charge is 0.191 e. The maximum Gasteiger partial charge on any atom is 0.191 e. The summed E-state index contributed by atoms with van der Waals surface area (Å²) in [6.45, 7) is 0. The quantitative estimate of drug-likeness (QED) is 0.683. The fourth-order valence-corrected chi connectivity index (χ4v) is 5.00. The number of fused-ring (bicyclic) bond motifs is 1. The fraction of sp³-hybridized carbons (Fsp3) is 0.667. The highest BCUT2D eigenvalue weighted by Crippen LogP contribution is 2.62. The third-order valence-corrected chi connectivity index (χ3v) is 6.02. The minimum absolute atomic E-state index is 0.0440. The van der Waals surface area contributed by atoms with E-state index in [2.05, 4.69) is 18.2 Å². The lowest BCUT2D eigenvalue weighted by molar-refractivity contribution is 0.151. The van der Waals surface area contributed by atoms with Crippen LogP contribution in [0.25, 0.3) is 0 Å². The molecule has 0 aliphatic heterocycles. The molecule has 0 saturated heterocycles. The van der Waals surface area contributed by atoms with Crippen LogP contribution in [0.4, 0.5) is 0 Å². The molecule has 4 nitrogen and oxygen atoms in total. The molecule has 1 N–H and O–H groups in total. The van der Waals surface area contributed by atoms with E-state index in [1.165, 1.54) is 5.57 Å². The van der Waals surface area contributed by atoms with Gasteiger partial charge in [-0.2, -0.15) is 15.8 Å². The predicted molar refractivity (Wildman–Crippen MR) is 81.5 cm³/mol. The normalized spacial score (nSPS) is 29.1. The van der Waals surface area contributed by atoms with Gasteiger partial charge in [0.2, 0.25) is 0 Å². The van der Waals surface area contributed by atoms with Crippen molar-refractivity contribution in [3.05, 3.63) is 11.1 Å². The Labute approximate surface area is 131 Å². The average molecular weight is 292 g/mol. The molecule has 0 amide bonds. The minimum atomic E-state index is -1.44. The van der Waals surface area contributed by atoms with E-state index in [4.69, 9.17) is 5.41 Å². The third-order valence-electron chi connectivity index (χ3n) is 6.02. The van der Waals surface area contributed by atoms with Crippen LogP contribution in [-0.4, -0.2) is 5.71 Å². The minimum Gasteiger partial charge on any atom is -0.305 e. The van der Waals surface area contributed by atoms with Gasteiger partial charge in [-0.05, 0) is 44.1 Å². The van der Waals surface area contributed by atoms with E-state index < -0.39 is 16.7 Å². The SMILES string of the molecule is N#C[C@H]1C(=N)C(C#N)(C#N)C2(CCCCC2)C2=C1CCCC2. The molecule has 1 spiro atoms. The van der Waals surface area contributed by atoms with Gasteiger partial charge in [-0.25, -0.2) is 0 Å². The first-order valence-corrected chi connectivity index (χ1v) is 8.20. The van der Waals surface area contributed by atoms with Gasteiger partial charge in [-0.15, -0.1) is 0 Å². The molecule has 0 aromatic heterocycles. The average Bonchev–Trinajstić information content (AvgIpc) is 2.58. The number of rotatable bonds is 0. The summed E-state index contributed by atoms with van der Waals surface area (Å²) < 4.78 is 0. The molecule has 22 heavy (non-hydrogen) atoms. The van der Waals surface area contributed by atoms with Crippen LogP contribution in [-0.2, 0) is 0 Å².